The number of nitrogens with zero attached hydrogens (tertiary/aromatic N) is 2. The average molecular weight is 268 g/mol. The molecule has 3 aromatic rings. The molecule has 3 rings (SSSR count). The summed E-state index contributed by atoms with van der Waals surface area (Å²) in [5, 5.41) is 1.19. The smallest absolute Gasteiger partial charge is 0.0998 e. The van der Waals surface area contributed by atoms with E-state index >= 15 is 0 Å². The van der Waals surface area contributed by atoms with Crippen LogP contribution in [-0.4, -0.2) is 9.97 Å². The molecule has 0 radical (unpaired) electrons. The predicted molar refractivity (Wildman–Crippen MR) is 80.8 cm³/mol. The number of rotatable bonds is 3. The number of hydrogen-bond acceptors (Lipinski definition) is 3. The third-order valence-corrected chi connectivity index (χ3v) is 4.39. The molecule has 19 heavy (non-hydrogen) atoms. The Bertz CT molecular complexity index is 686. The Kier molecular flexibility index (Phi) is 3.30. The second-order valence-electron chi connectivity index (χ2n) is 5.01. The van der Waals surface area contributed by atoms with E-state index in [1.807, 2.05) is 12.3 Å². The topological polar surface area (TPSA) is 25.8 Å². The lowest BCUT2D eigenvalue weighted by Crippen LogP contribution is -1.91. The molecule has 2 heterocycles. The molecule has 96 valence electrons. The van der Waals surface area contributed by atoms with Gasteiger partial charge in [0.1, 0.15) is 0 Å². The molecule has 0 aliphatic rings. The molecule has 1 aromatic carbocycles. The van der Waals surface area contributed by atoms with Crippen LogP contribution >= 0.6 is 11.3 Å². The van der Waals surface area contributed by atoms with E-state index in [9.17, 15) is 0 Å². The van der Waals surface area contributed by atoms with Crippen LogP contribution in [0.4, 0.5) is 0 Å². The fraction of sp³-hybridized carbons (Fsp3) is 0.250. The van der Waals surface area contributed by atoms with Gasteiger partial charge in [0.15, 0.2) is 0 Å². The SMILES string of the molecule is CC(C)c1nc2cnc(Cc3ccccc3)cc2s1. The predicted octanol–water partition coefficient (Wildman–Crippen LogP) is 4.41. The van der Waals surface area contributed by atoms with Crippen molar-refractivity contribution in [3.8, 4) is 0 Å². The zero-order chi connectivity index (χ0) is 13.2. The molecule has 0 amide bonds. The normalized spacial score (nSPS) is 11.3. The van der Waals surface area contributed by atoms with Gasteiger partial charge >= 0.3 is 0 Å². The molecular formula is C16H16N2S. The largest absolute Gasteiger partial charge is 0.259 e. The average Bonchev–Trinajstić information content (AvgIpc) is 2.83. The van der Waals surface area contributed by atoms with Crippen LogP contribution in [0.5, 0.6) is 0 Å². The van der Waals surface area contributed by atoms with Crippen molar-refractivity contribution in [2.45, 2.75) is 26.2 Å². The monoisotopic (exact) mass is 268 g/mol. The van der Waals surface area contributed by atoms with Crippen molar-refractivity contribution in [3.05, 3.63) is 58.9 Å². The molecule has 0 bridgehead atoms. The van der Waals surface area contributed by atoms with Crippen molar-refractivity contribution < 1.29 is 0 Å². The van der Waals surface area contributed by atoms with Crippen LogP contribution in [0, 0.1) is 0 Å². The lowest BCUT2D eigenvalue weighted by molar-refractivity contribution is 0.856. The lowest BCUT2D eigenvalue weighted by Gasteiger charge is -2.00. The highest BCUT2D eigenvalue weighted by atomic mass is 32.1. The van der Waals surface area contributed by atoms with Gasteiger partial charge in [0.2, 0.25) is 0 Å². The molecule has 2 nitrogen and oxygen atoms in total. The molecule has 0 N–H and O–H groups in total. The summed E-state index contributed by atoms with van der Waals surface area (Å²) in [7, 11) is 0. The molecule has 0 unspecified atom stereocenters. The summed E-state index contributed by atoms with van der Waals surface area (Å²) in [4.78, 5) is 9.14. The van der Waals surface area contributed by atoms with E-state index in [0.717, 1.165) is 17.6 Å². The summed E-state index contributed by atoms with van der Waals surface area (Å²) in [5.41, 5.74) is 3.42. The van der Waals surface area contributed by atoms with Gasteiger partial charge in [-0.15, -0.1) is 11.3 Å². The molecule has 0 saturated carbocycles. The van der Waals surface area contributed by atoms with Crippen LogP contribution in [-0.2, 0) is 6.42 Å². The van der Waals surface area contributed by atoms with Gasteiger partial charge in [-0.1, -0.05) is 44.2 Å². The summed E-state index contributed by atoms with van der Waals surface area (Å²) in [6.45, 7) is 4.35. The van der Waals surface area contributed by atoms with Gasteiger partial charge in [0.05, 0.1) is 21.4 Å². The van der Waals surface area contributed by atoms with Gasteiger partial charge in [-0.05, 0) is 11.6 Å². The first-order chi connectivity index (χ1) is 9.22. The number of benzene rings is 1. The maximum atomic E-state index is 4.62. The van der Waals surface area contributed by atoms with E-state index in [1.54, 1.807) is 11.3 Å². The summed E-state index contributed by atoms with van der Waals surface area (Å²) in [6, 6.07) is 12.6. The van der Waals surface area contributed by atoms with Gasteiger partial charge < -0.3 is 0 Å². The zero-order valence-corrected chi connectivity index (χ0v) is 11.9. The van der Waals surface area contributed by atoms with Crippen LogP contribution in [0.2, 0.25) is 0 Å². The molecule has 0 aliphatic heterocycles. The number of pyridine rings is 1. The summed E-state index contributed by atoms with van der Waals surface area (Å²) in [5.74, 6) is 0.481. The lowest BCUT2D eigenvalue weighted by atomic mass is 10.1. The molecule has 0 fully saturated rings. The Morgan fingerprint density at radius 3 is 2.68 bits per heavy atom. The minimum absolute atomic E-state index is 0.481. The van der Waals surface area contributed by atoms with Crippen molar-refractivity contribution >= 4 is 21.6 Å². The molecule has 2 aromatic heterocycles. The van der Waals surface area contributed by atoms with Crippen LogP contribution < -0.4 is 0 Å². The zero-order valence-electron chi connectivity index (χ0n) is 11.1. The number of hydrogen-bond donors (Lipinski definition) is 0. The van der Waals surface area contributed by atoms with Gasteiger partial charge in [-0.2, -0.15) is 0 Å². The van der Waals surface area contributed by atoms with Gasteiger partial charge in [0.25, 0.3) is 0 Å². The van der Waals surface area contributed by atoms with E-state index in [4.69, 9.17) is 0 Å². The highest BCUT2D eigenvalue weighted by Crippen LogP contribution is 2.27. The molecular weight excluding hydrogens is 252 g/mol. The summed E-state index contributed by atoms with van der Waals surface area (Å²) in [6.07, 6.45) is 2.78. The number of thiazole rings is 1. The van der Waals surface area contributed by atoms with Crippen LogP contribution in [0.15, 0.2) is 42.6 Å². The van der Waals surface area contributed by atoms with E-state index in [0.29, 0.717) is 5.92 Å². The minimum atomic E-state index is 0.481. The van der Waals surface area contributed by atoms with Crippen molar-refractivity contribution in [1.82, 2.24) is 9.97 Å². The van der Waals surface area contributed by atoms with Crippen LogP contribution in [0.25, 0.3) is 10.2 Å². The summed E-state index contributed by atoms with van der Waals surface area (Å²) >= 11 is 1.78. The first kappa shape index (κ1) is 12.3. The Morgan fingerprint density at radius 1 is 1.16 bits per heavy atom. The maximum Gasteiger partial charge on any atom is 0.0998 e. The van der Waals surface area contributed by atoms with Gasteiger partial charge in [-0.25, -0.2) is 4.98 Å². The second kappa shape index (κ2) is 5.10. The Balaban J connectivity index is 1.93. The Morgan fingerprint density at radius 2 is 1.95 bits per heavy atom. The van der Waals surface area contributed by atoms with Crippen molar-refractivity contribution in [2.24, 2.45) is 0 Å². The quantitative estimate of drug-likeness (QED) is 0.703. The van der Waals surface area contributed by atoms with E-state index < -0.39 is 0 Å². The fourth-order valence-corrected chi connectivity index (χ4v) is 3.04. The van der Waals surface area contributed by atoms with Crippen LogP contribution in [0.3, 0.4) is 0 Å². The van der Waals surface area contributed by atoms with Gasteiger partial charge in [-0.3, -0.25) is 4.98 Å². The first-order valence-electron chi connectivity index (χ1n) is 6.51. The van der Waals surface area contributed by atoms with E-state index in [-0.39, 0.29) is 0 Å². The highest BCUT2D eigenvalue weighted by molar-refractivity contribution is 7.18. The Hall–Kier alpha value is -1.74. The second-order valence-corrected chi connectivity index (χ2v) is 6.07. The first-order valence-corrected chi connectivity index (χ1v) is 7.33. The maximum absolute atomic E-state index is 4.62. The Labute approximate surface area is 117 Å². The number of aromatic nitrogens is 2. The van der Waals surface area contributed by atoms with E-state index in [1.165, 1.54) is 15.3 Å². The molecule has 3 heteroatoms. The molecule has 0 spiro atoms. The van der Waals surface area contributed by atoms with Gasteiger partial charge in [0, 0.05) is 18.0 Å². The molecule has 0 atom stereocenters. The fourth-order valence-electron chi connectivity index (χ4n) is 2.04. The third kappa shape index (κ3) is 2.66. The van der Waals surface area contributed by atoms with Crippen molar-refractivity contribution in [1.29, 1.82) is 0 Å². The van der Waals surface area contributed by atoms with Crippen LogP contribution in [0.1, 0.15) is 36.0 Å². The minimum Gasteiger partial charge on any atom is -0.259 e. The summed E-state index contributed by atoms with van der Waals surface area (Å²) < 4.78 is 1.24. The molecule has 0 aliphatic carbocycles. The number of fused-ring (bicyclic) bond motifs is 1. The standard InChI is InChI=1S/C16H16N2S/c1-11(2)16-18-14-10-17-13(9-15(14)19-16)8-12-6-4-3-5-7-12/h3-7,9-11H,8H2,1-2H3. The third-order valence-electron chi connectivity index (χ3n) is 3.07. The molecule has 0 saturated heterocycles. The van der Waals surface area contributed by atoms with E-state index in [2.05, 4.69) is 54.1 Å². The highest BCUT2D eigenvalue weighted by Gasteiger charge is 2.08. The van der Waals surface area contributed by atoms with Crippen molar-refractivity contribution in [3.63, 3.8) is 0 Å². The van der Waals surface area contributed by atoms with Crippen molar-refractivity contribution in [2.75, 3.05) is 0 Å².